The highest BCUT2D eigenvalue weighted by Crippen LogP contribution is 2.29. The van der Waals surface area contributed by atoms with E-state index in [4.69, 9.17) is 0 Å². The molecule has 0 aliphatic carbocycles. The number of hydrogen-bond donors (Lipinski definition) is 1. The average molecular weight is 262 g/mol. The van der Waals surface area contributed by atoms with Crippen LogP contribution in [0.25, 0.3) is 0 Å². The van der Waals surface area contributed by atoms with Gasteiger partial charge in [0.25, 0.3) is 11.7 Å². The smallest absolute Gasteiger partial charge is 0.299 e. The van der Waals surface area contributed by atoms with Crippen molar-refractivity contribution in [2.75, 3.05) is 24.5 Å². The van der Waals surface area contributed by atoms with E-state index in [2.05, 4.69) is 11.9 Å². The molecule has 1 N–H and O–H groups in total. The number of Topliss-reactive ketones (excluding diaryl/α,β-unsaturated/α-hetero) is 1. The van der Waals surface area contributed by atoms with Gasteiger partial charge in [0.2, 0.25) is 0 Å². The molecule has 1 aliphatic rings. The number of likely N-dealkylation sites (N-methyl/N-ethyl adjacent to an activating group) is 1. The highest BCUT2D eigenvalue weighted by atomic mass is 19.1. The van der Waals surface area contributed by atoms with Gasteiger partial charge in [-0.05, 0) is 30.3 Å². The molecule has 19 heavy (non-hydrogen) atoms. The minimum Gasteiger partial charge on any atom is -0.313 e. The van der Waals surface area contributed by atoms with Crippen molar-refractivity contribution >= 4 is 17.4 Å². The van der Waals surface area contributed by atoms with Crippen LogP contribution in [0.2, 0.25) is 0 Å². The molecule has 0 saturated carbocycles. The van der Waals surface area contributed by atoms with E-state index in [9.17, 15) is 14.0 Å². The van der Waals surface area contributed by atoms with Gasteiger partial charge in [0.15, 0.2) is 0 Å². The molecule has 0 fully saturated rings. The van der Waals surface area contributed by atoms with Gasteiger partial charge in [-0.1, -0.05) is 13.5 Å². The van der Waals surface area contributed by atoms with E-state index in [1.807, 2.05) is 6.92 Å². The zero-order valence-corrected chi connectivity index (χ0v) is 10.7. The average Bonchev–Trinajstić information content (AvgIpc) is 2.61. The van der Waals surface area contributed by atoms with E-state index in [-0.39, 0.29) is 12.1 Å². The zero-order valence-electron chi connectivity index (χ0n) is 10.7. The Labute approximate surface area is 110 Å². The molecule has 0 atom stereocenters. The first-order valence-corrected chi connectivity index (χ1v) is 6.07. The molecule has 2 rings (SSSR count). The molecule has 100 valence electrons. The molecule has 1 aromatic rings. The van der Waals surface area contributed by atoms with E-state index in [1.54, 1.807) is 0 Å². The Morgan fingerprint density at radius 1 is 1.42 bits per heavy atom. The van der Waals surface area contributed by atoms with Crippen LogP contribution < -0.4 is 10.2 Å². The predicted molar refractivity (Wildman–Crippen MR) is 70.8 cm³/mol. The maximum atomic E-state index is 13.2. The molecule has 0 radical (unpaired) electrons. The lowest BCUT2D eigenvalue weighted by Crippen LogP contribution is -2.33. The number of rotatable bonds is 5. The third kappa shape index (κ3) is 2.56. The van der Waals surface area contributed by atoms with Crippen molar-refractivity contribution in [3.63, 3.8) is 0 Å². The zero-order chi connectivity index (χ0) is 14.0. The quantitative estimate of drug-likeness (QED) is 0.646. The molecular weight excluding hydrogens is 247 g/mol. The fourth-order valence-electron chi connectivity index (χ4n) is 2.01. The van der Waals surface area contributed by atoms with Gasteiger partial charge < -0.3 is 10.2 Å². The Morgan fingerprint density at radius 2 is 2.16 bits per heavy atom. The monoisotopic (exact) mass is 262 g/mol. The Morgan fingerprint density at radius 3 is 2.84 bits per heavy atom. The van der Waals surface area contributed by atoms with Crippen LogP contribution in [0, 0.1) is 5.82 Å². The number of carbonyl (C=O) groups is 2. The molecule has 0 unspecified atom stereocenters. The minimum atomic E-state index is -0.627. The van der Waals surface area contributed by atoms with Crippen LogP contribution in [0.5, 0.6) is 0 Å². The first-order valence-electron chi connectivity index (χ1n) is 6.07. The highest BCUT2D eigenvalue weighted by molar-refractivity contribution is 6.52. The van der Waals surface area contributed by atoms with Gasteiger partial charge in [-0.3, -0.25) is 9.59 Å². The normalized spacial score (nSPS) is 13.9. The maximum absolute atomic E-state index is 13.2. The van der Waals surface area contributed by atoms with Gasteiger partial charge in [-0.2, -0.15) is 0 Å². The number of nitrogens with zero attached hydrogens (tertiary/aromatic N) is 1. The van der Waals surface area contributed by atoms with Gasteiger partial charge in [-0.15, -0.1) is 0 Å². The first-order chi connectivity index (χ1) is 9.04. The number of nitrogens with one attached hydrogen (secondary N) is 1. The van der Waals surface area contributed by atoms with E-state index >= 15 is 0 Å². The molecule has 4 nitrogen and oxygen atoms in total. The molecule has 5 heteroatoms. The topological polar surface area (TPSA) is 49.4 Å². The van der Waals surface area contributed by atoms with E-state index in [1.165, 1.54) is 23.1 Å². The van der Waals surface area contributed by atoms with Gasteiger partial charge in [-0.25, -0.2) is 4.39 Å². The number of anilines is 1. The number of amides is 1. The van der Waals surface area contributed by atoms with Crippen LogP contribution in [0.15, 0.2) is 30.4 Å². The Bertz CT molecular complexity index is 554. The van der Waals surface area contributed by atoms with Gasteiger partial charge in [0, 0.05) is 13.1 Å². The summed E-state index contributed by atoms with van der Waals surface area (Å²) in [5.74, 6) is -1.69. The second kappa shape index (κ2) is 5.32. The SMILES string of the molecule is C=C(CNCC)CN1C(=O)C(=O)c2ccc(F)cc21. The Hall–Kier alpha value is -2.01. The van der Waals surface area contributed by atoms with Crippen molar-refractivity contribution < 1.29 is 14.0 Å². The van der Waals surface area contributed by atoms with Crippen molar-refractivity contribution in [3.05, 3.63) is 41.7 Å². The molecule has 1 heterocycles. The number of carbonyl (C=O) groups excluding carboxylic acids is 2. The number of benzene rings is 1. The fraction of sp³-hybridized carbons (Fsp3) is 0.286. The van der Waals surface area contributed by atoms with Crippen molar-refractivity contribution in [2.45, 2.75) is 6.92 Å². The highest BCUT2D eigenvalue weighted by Gasteiger charge is 2.35. The van der Waals surface area contributed by atoms with Gasteiger partial charge in [0.1, 0.15) is 5.82 Å². The van der Waals surface area contributed by atoms with Crippen LogP contribution in [0.1, 0.15) is 17.3 Å². The first kappa shape index (κ1) is 13.4. The largest absolute Gasteiger partial charge is 0.313 e. The lowest BCUT2D eigenvalue weighted by molar-refractivity contribution is -0.114. The Kier molecular flexibility index (Phi) is 3.76. The Balaban J connectivity index is 2.23. The summed E-state index contributed by atoms with van der Waals surface area (Å²) in [4.78, 5) is 24.9. The molecule has 0 aromatic heterocycles. The summed E-state index contributed by atoms with van der Waals surface area (Å²) in [6.45, 7) is 7.37. The standard InChI is InChI=1S/C14H15FN2O2/c1-3-16-7-9(2)8-17-12-6-10(15)4-5-11(12)13(18)14(17)19/h4-6,16H,2-3,7-8H2,1H3. The summed E-state index contributed by atoms with van der Waals surface area (Å²) in [5.41, 5.74) is 1.34. The van der Waals surface area contributed by atoms with Crippen molar-refractivity contribution in [1.82, 2.24) is 5.32 Å². The molecular formula is C14H15FN2O2. The van der Waals surface area contributed by atoms with Crippen molar-refractivity contribution in [2.24, 2.45) is 0 Å². The second-order valence-corrected chi connectivity index (χ2v) is 4.41. The lowest BCUT2D eigenvalue weighted by Gasteiger charge is -2.18. The summed E-state index contributed by atoms with van der Waals surface area (Å²) in [7, 11) is 0. The van der Waals surface area contributed by atoms with Gasteiger partial charge >= 0.3 is 0 Å². The predicted octanol–water partition coefficient (Wildman–Crippen LogP) is 1.52. The number of ketones is 1. The summed E-state index contributed by atoms with van der Waals surface area (Å²) in [5, 5.41) is 3.09. The lowest BCUT2D eigenvalue weighted by atomic mass is 10.1. The number of halogens is 1. The summed E-state index contributed by atoms with van der Waals surface area (Å²) in [6.07, 6.45) is 0. The molecule has 1 amide bonds. The summed E-state index contributed by atoms with van der Waals surface area (Å²) in [6, 6.07) is 3.73. The van der Waals surface area contributed by atoms with Crippen molar-refractivity contribution in [1.29, 1.82) is 0 Å². The molecule has 0 spiro atoms. The van der Waals surface area contributed by atoms with Gasteiger partial charge in [0.05, 0.1) is 11.3 Å². The van der Waals surface area contributed by atoms with Crippen LogP contribution in [0.4, 0.5) is 10.1 Å². The molecule has 0 bridgehead atoms. The molecule has 1 aliphatic heterocycles. The van der Waals surface area contributed by atoms with Crippen LogP contribution in [0.3, 0.4) is 0 Å². The van der Waals surface area contributed by atoms with Crippen LogP contribution in [-0.2, 0) is 4.79 Å². The number of hydrogen-bond acceptors (Lipinski definition) is 3. The summed E-state index contributed by atoms with van der Waals surface area (Å²) < 4.78 is 13.2. The van der Waals surface area contributed by atoms with E-state index in [0.717, 1.165) is 12.1 Å². The molecule has 0 saturated heterocycles. The van der Waals surface area contributed by atoms with Crippen molar-refractivity contribution in [3.8, 4) is 0 Å². The number of fused-ring (bicyclic) bond motifs is 1. The fourth-order valence-corrected chi connectivity index (χ4v) is 2.01. The van der Waals surface area contributed by atoms with E-state index in [0.29, 0.717) is 12.2 Å². The maximum Gasteiger partial charge on any atom is 0.299 e. The third-order valence-electron chi connectivity index (χ3n) is 2.94. The van der Waals surface area contributed by atoms with E-state index < -0.39 is 17.5 Å². The second-order valence-electron chi connectivity index (χ2n) is 4.41. The summed E-state index contributed by atoms with van der Waals surface area (Å²) >= 11 is 0. The third-order valence-corrected chi connectivity index (χ3v) is 2.94. The molecule has 1 aromatic carbocycles. The van der Waals surface area contributed by atoms with Crippen LogP contribution in [-0.4, -0.2) is 31.3 Å². The minimum absolute atomic E-state index is 0.216. The van der Waals surface area contributed by atoms with Crippen LogP contribution >= 0.6 is 0 Å².